The van der Waals surface area contributed by atoms with Crippen LogP contribution in [0.4, 0.5) is 0 Å². The Kier molecular flexibility index (Phi) is 4.32. The van der Waals surface area contributed by atoms with Crippen LogP contribution in [0.2, 0.25) is 0 Å². The number of carbonyl (C=O) groups is 1. The van der Waals surface area contributed by atoms with Crippen molar-refractivity contribution in [2.45, 2.75) is 31.8 Å². The Labute approximate surface area is 164 Å². The number of aromatic amines is 1. The number of hydrogen-bond donors (Lipinski definition) is 1. The Morgan fingerprint density at radius 1 is 1.14 bits per heavy atom. The fourth-order valence-corrected chi connectivity index (χ4v) is 4.53. The summed E-state index contributed by atoms with van der Waals surface area (Å²) < 4.78 is 11.4. The number of carbonyl (C=O) groups excluding carboxylic acids is 1. The zero-order valence-electron chi connectivity index (χ0n) is 16.0. The molecule has 0 amide bonds. The number of H-pyrrole nitrogens is 1. The molecule has 28 heavy (non-hydrogen) atoms. The van der Waals surface area contributed by atoms with E-state index in [4.69, 9.17) is 9.47 Å². The van der Waals surface area contributed by atoms with Crippen LogP contribution >= 0.6 is 0 Å². The molecule has 1 N–H and O–H groups in total. The lowest BCUT2D eigenvalue weighted by molar-refractivity contribution is 0.0821. The first kappa shape index (κ1) is 17.3. The molecule has 2 atom stereocenters. The number of aromatic nitrogens is 1. The molecule has 2 aliphatic rings. The summed E-state index contributed by atoms with van der Waals surface area (Å²) >= 11 is 0. The van der Waals surface area contributed by atoms with Crippen LogP contribution in [-0.4, -0.2) is 41.5 Å². The van der Waals surface area contributed by atoms with Crippen molar-refractivity contribution in [3.63, 3.8) is 0 Å². The first-order valence-electron chi connectivity index (χ1n) is 9.98. The van der Waals surface area contributed by atoms with Crippen LogP contribution in [0.5, 0.6) is 11.5 Å². The molecule has 0 saturated carbocycles. The zero-order valence-corrected chi connectivity index (χ0v) is 16.0. The summed E-state index contributed by atoms with van der Waals surface area (Å²) in [7, 11) is 0. The fourth-order valence-electron chi connectivity index (χ4n) is 4.53. The van der Waals surface area contributed by atoms with Gasteiger partial charge in [-0.2, -0.15) is 0 Å². The molecule has 0 spiro atoms. The number of nitrogens with zero attached hydrogens (tertiary/aromatic N) is 1. The van der Waals surface area contributed by atoms with E-state index in [0.29, 0.717) is 13.2 Å². The highest BCUT2D eigenvalue weighted by Crippen LogP contribution is 2.39. The predicted molar refractivity (Wildman–Crippen MR) is 108 cm³/mol. The van der Waals surface area contributed by atoms with Gasteiger partial charge in [-0.1, -0.05) is 24.3 Å². The minimum Gasteiger partial charge on any atom is -0.486 e. The second kappa shape index (κ2) is 6.99. The maximum absolute atomic E-state index is 13.3. The Bertz CT molecular complexity index is 1030. The van der Waals surface area contributed by atoms with E-state index in [1.807, 2.05) is 43.5 Å². The predicted octanol–water partition coefficient (Wildman–Crippen LogP) is 4.35. The van der Waals surface area contributed by atoms with Gasteiger partial charge in [0.05, 0.1) is 6.04 Å². The second-order valence-electron chi connectivity index (χ2n) is 7.59. The van der Waals surface area contributed by atoms with E-state index in [1.165, 1.54) is 5.56 Å². The zero-order chi connectivity index (χ0) is 19.1. The quantitative estimate of drug-likeness (QED) is 0.688. The molecular formula is C23H24N2O3. The molecule has 1 saturated heterocycles. The van der Waals surface area contributed by atoms with Gasteiger partial charge in [-0.05, 0) is 50.1 Å². The van der Waals surface area contributed by atoms with Crippen molar-refractivity contribution in [2.75, 3.05) is 19.8 Å². The molecule has 5 rings (SSSR count). The van der Waals surface area contributed by atoms with Crippen molar-refractivity contribution < 1.29 is 14.3 Å². The van der Waals surface area contributed by atoms with Gasteiger partial charge in [-0.25, -0.2) is 0 Å². The number of benzene rings is 2. The van der Waals surface area contributed by atoms with Crippen molar-refractivity contribution in [1.29, 1.82) is 0 Å². The van der Waals surface area contributed by atoms with Crippen molar-refractivity contribution in [3.8, 4) is 11.5 Å². The Morgan fingerprint density at radius 3 is 2.86 bits per heavy atom. The highest BCUT2D eigenvalue weighted by molar-refractivity contribution is 6.10. The van der Waals surface area contributed by atoms with Gasteiger partial charge in [-0.15, -0.1) is 0 Å². The third kappa shape index (κ3) is 2.87. The third-order valence-corrected chi connectivity index (χ3v) is 5.98. The third-order valence-electron chi connectivity index (χ3n) is 5.98. The molecule has 0 bridgehead atoms. The monoisotopic (exact) mass is 376 g/mol. The van der Waals surface area contributed by atoms with Gasteiger partial charge in [0, 0.05) is 28.7 Å². The van der Waals surface area contributed by atoms with Gasteiger partial charge >= 0.3 is 0 Å². The lowest BCUT2D eigenvalue weighted by Gasteiger charge is -2.30. The van der Waals surface area contributed by atoms with Crippen molar-refractivity contribution in [3.05, 3.63) is 59.8 Å². The Hall–Kier alpha value is -2.79. The molecule has 2 aromatic carbocycles. The van der Waals surface area contributed by atoms with Gasteiger partial charge < -0.3 is 14.5 Å². The normalized spacial score (nSPS) is 20.4. The number of para-hydroxylation sites is 1. The van der Waals surface area contributed by atoms with E-state index in [-0.39, 0.29) is 17.9 Å². The summed E-state index contributed by atoms with van der Waals surface area (Å²) in [5.74, 6) is 1.79. The summed E-state index contributed by atoms with van der Waals surface area (Å²) in [4.78, 5) is 18.9. The lowest BCUT2D eigenvalue weighted by Crippen LogP contribution is -2.38. The van der Waals surface area contributed by atoms with Gasteiger partial charge in [0.15, 0.2) is 17.3 Å². The molecule has 0 radical (unpaired) electrons. The van der Waals surface area contributed by atoms with Crippen LogP contribution in [-0.2, 0) is 0 Å². The number of ether oxygens (including phenoxy) is 2. The van der Waals surface area contributed by atoms with Crippen molar-refractivity contribution in [2.24, 2.45) is 0 Å². The van der Waals surface area contributed by atoms with E-state index in [2.05, 4.69) is 22.0 Å². The molecule has 2 unspecified atom stereocenters. The summed E-state index contributed by atoms with van der Waals surface area (Å²) in [6, 6.07) is 14.2. The molecule has 1 aromatic heterocycles. The standard InChI is InChI=1S/C23H24N2O3/c1-15(23(26)18-14-24-19-6-3-2-5-17(18)19)25-10-4-7-20(25)16-8-9-21-22(13-16)28-12-11-27-21/h2-3,5-6,8-9,13-15,20,24H,4,7,10-12H2,1H3. The van der Waals surface area contributed by atoms with Crippen LogP contribution in [0.25, 0.3) is 10.9 Å². The summed E-state index contributed by atoms with van der Waals surface area (Å²) in [6.45, 7) is 4.13. The van der Waals surface area contributed by atoms with Crippen LogP contribution < -0.4 is 9.47 Å². The molecule has 5 nitrogen and oxygen atoms in total. The minimum absolute atomic E-state index is 0.168. The smallest absolute Gasteiger partial charge is 0.181 e. The first-order chi connectivity index (χ1) is 13.7. The number of hydrogen-bond acceptors (Lipinski definition) is 4. The average molecular weight is 376 g/mol. The Morgan fingerprint density at radius 2 is 1.96 bits per heavy atom. The van der Waals surface area contributed by atoms with Gasteiger partial charge in [-0.3, -0.25) is 9.69 Å². The summed E-state index contributed by atoms with van der Waals surface area (Å²) in [5.41, 5.74) is 2.97. The fraction of sp³-hybridized carbons (Fsp3) is 0.348. The SMILES string of the molecule is CC(C(=O)c1c[nH]c2ccccc12)N1CCCC1c1ccc2c(c1)OCCO2. The molecule has 0 aliphatic carbocycles. The molecule has 1 fully saturated rings. The number of ketones is 1. The topological polar surface area (TPSA) is 54.6 Å². The first-order valence-corrected chi connectivity index (χ1v) is 9.98. The summed E-state index contributed by atoms with van der Waals surface area (Å²) in [6.07, 6.45) is 3.98. The maximum atomic E-state index is 13.3. The molecular weight excluding hydrogens is 352 g/mol. The highest BCUT2D eigenvalue weighted by atomic mass is 16.6. The average Bonchev–Trinajstić information content (AvgIpc) is 3.39. The van der Waals surface area contributed by atoms with Gasteiger partial charge in [0.2, 0.25) is 0 Å². The van der Waals surface area contributed by atoms with Crippen LogP contribution in [0.15, 0.2) is 48.7 Å². The van der Waals surface area contributed by atoms with Gasteiger partial charge in [0.25, 0.3) is 0 Å². The van der Waals surface area contributed by atoms with Crippen LogP contribution in [0, 0.1) is 0 Å². The van der Waals surface area contributed by atoms with Crippen LogP contribution in [0.3, 0.4) is 0 Å². The Balaban J connectivity index is 1.42. The number of Topliss-reactive ketones (excluding diaryl/α,β-unsaturated/α-hetero) is 1. The highest BCUT2D eigenvalue weighted by Gasteiger charge is 2.34. The molecule has 3 aromatic rings. The number of rotatable bonds is 4. The number of nitrogens with one attached hydrogen (secondary N) is 1. The van der Waals surface area contributed by atoms with E-state index in [0.717, 1.165) is 47.4 Å². The second-order valence-corrected chi connectivity index (χ2v) is 7.59. The molecule has 2 aliphatic heterocycles. The van der Waals surface area contributed by atoms with E-state index in [1.54, 1.807) is 0 Å². The summed E-state index contributed by atoms with van der Waals surface area (Å²) in [5, 5.41) is 0.995. The molecule has 3 heterocycles. The van der Waals surface area contributed by atoms with E-state index >= 15 is 0 Å². The number of likely N-dealkylation sites (tertiary alicyclic amines) is 1. The molecule has 144 valence electrons. The largest absolute Gasteiger partial charge is 0.486 e. The van der Waals surface area contributed by atoms with Crippen LogP contribution in [0.1, 0.15) is 41.7 Å². The van der Waals surface area contributed by atoms with Crippen molar-refractivity contribution in [1.82, 2.24) is 9.88 Å². The van der Waals surface area contributed by atoms with E-state index < -0.39 is 0 Å². The lowest BCUT2D eigenvalue weighted by atomic mass is 9.99. The maximum Gasteiger partial charge on any atom is 0.181 e. The van der Waals surface area contributed by atoms with Gasteiger partial charge in [0.1, 0.15) is 13.2 Å². The number of fused-ring (bicyclic) bond motifs is 2. The van der Waals surface area contributed by atoms with E-state index in [9.17, 15) is 4.79 Å². The molecule has 5 heteroatoms. The van der Waals surface area contributed by atoms with Crippen molar-refractivity contribution >= 4 is 16.7 Å². The minimum atomic E-state index is -0.181.